The first-order valence-corrected chi connectivity index (χ1v) is 19.0. The van der Waals surface area contributed by atoms with Crippen LogP contribution in [0.25, 0.3) is 0 Å². The van der Waals surface area contributed by atoms with E-state index in [2.05, 4.69) is 35.7 Å². The first-order valence-electron chi connectivity index (χ1n) is 17.1. The SMILES string of the molecule is CS(=O)(=O)c1cccc(CNc2nc(Nc3ccc(N4CCN(Cc5ccc6c(c5)CN(N5CCC(=O)NC5=O)C6=O)CC4)cc3)ncc2C(F)(F)F)c1. The number of urea groups is 1. The topological polar surface area (TPSA) is 160 Å². The van der Waals surface area contributed by atoms with Crippen LogP contribution in [-0.2, 0) is 40.4 Å². The maximum absolute atomic E-state index is 13.8. The fourth-order valence-electron chi connectivity index (χ4n) is 6.60. The van der Waals surface area contributed by atoms with Gasteiger partial charge in [-0.3, -0.25) is 19.8 Å². The molecule has 1 aromatic heterocycles. The van der Waals surface area contributed by atoms with Crippen molar-refractivity contribution in [1.29, 1.82) is 0 Å². The predicted octanol–water partition coefficient (Wildman–Crippen LogP) is 4.39. The number of halogens is 3. The van der Waals surface area contributed by atoms with Crippen LogP contribution in [0.15, 0.2) is 77.8 Å². The Labute approximate surface area is 308 Å². The summed E-state index contributed by atoms with van der Waals surface area (Å²) in [5, 5.41) is 10.6. The van der Waals surface area contributed by atoms with E-state index in [4.69, 9.17) is 0 Å². The third kappa shape index (κ3) is 8.08. The van der Waals surface area contributed by atoms with Crippen molar-refractivity contribution in [2.24, 2.45) is 0 Å². The first-order chi connectivity index (χ1) is 25.7. The minimum atomic E-state index is -4.72. The molecule has 14 nitrogen and oxygen atoms in total. The van der Waals surface area contributed by atoms with Crippen molar-refractivity contribution in [1.82, 2.24) is 30.2 Å². The Morgan fingerprint density at radius 1 is 0.889 bits per heavy atom. The van der Waals surface area contributed by atoms with Gasteiger partial charge in [-0.25, -0.2) is 28.2 Å². The molecule has 3 aliphatic heterocycles. The van der Waals surface area contributed by atoms with Crippen molar-refractivity contribution in [2.45, 2.75) is 37.1 Å². The van der Waals surface area contributed by atoms with E-state index < -0.39 is 33.4 Å². The van der Waals surface area contributed by atoms with Gasteiger partial charge in [-0.15, -0.1) is 0 Å². The lowest BCUT2D eigenvalue weighted by Crippen LogP contribution is -2.56. The quantitative estimate of drug-likeness (QED) is 0.210. The summed E-state index contributed by atoms with van der Waals surface area (Å²) in [5.41, 5.74) is 3.40. The molecular weight excluding hydrogens is 728 g/mol. The Morgan fingerprint density at radius 3 is 2.35 bits per heavy atom. The Bertz CT molecular complexity index is 2210. The second-order valence-electron chi connectivity index (χ2n) is 13.2. The molecule has 0 unspecified atom stereocenters. The molecule has 4 heterocycles. The maximum atomic E-state index is 13.8. The minimum Gasteiger partial charge on any atom is -0.369 e. The van der Waals surface area contributed by atoms with E-state index in [0.717, 1.165) is 49.2 Å². The molecule has 0 saturated carbocycles. The highest BCUT2D eigenvalue weighted by molar-refractivity contribution is 7.90. The number of hydrogen-bond donors (Lipinski definition) is 3. The Hall–Kier alpha value is -5.75. The number of carbonyl (C=O) groups excluding carboxylic acids is 3. The Kier molecular flexibility index (Phi) is 9.88. The average molecular weight is 764 g/mol. The third-order valence-corrected chi connectivity index (χ3v) is 10.5. The lowest BCUT2D eigenvalue weighted by atomic mass is 10.1. The van der Waals surface area contributed by atoms with Crippen molar-refractivity contribution in [2.75, 3.05) is 54.5 Å². The molecule has 0 aliphatic carbocycles. The van der Waals surface area contributed by atoms with Gasteiger partial charge in [0.15, 0.2) is 9.84 Å². The van der Waals surface area contributed by atoms with Gasteiger partial charge in [0, 0.05) is 75.1 Å². The zero-order chi connectivity index (χ0) is 38.2. The molecule has 3 aliphatic rings. The van der Waals surface area contributed by atoms with Crippen LogP contribution in [0.1, 0.15) is 39.0 Å². The Balaban J connectivity index is 0.937. The van der Waals surface area contributed by atoms with E-state index in [1.807, 2.05) is 24.3 Å². The molecule has 7 rings (SSSR count). The number of sulfone groups is 1. The average Bonchev–Trinajstić information content (AvgIpc) is 3.45. The summed E-state index contributed by atoms with van der Waals surface area (Å²) < 4.78 is 65.2. The van der Waals surface area contributed by atoms with Gasteiger partial charge in [0.25, 0.3) is 5.91 Å². The summed E-state index contributed by atoms with van der Waals surface area (Å²) in [7, 11) is -3.49. The number of benzene rings is 3. The Morgan fingerprint density at radius 2 is 1.65 bits per heavy atom. The molecule has 282 valence electrons. The van der Waals surface area contributed by atoms with Crippen molar-refractivity contribution in [3.05, 3.63) is 101 Å². The number of hydrazine groups is 1. The monoisotopic (exact) mass is 763 g/mol. The van der Waals surface area contributed by atoms with Gasteiger partial charge in [0.1, 0.15) is 11.4 Å². The molecule has 2 saturated heterocycles. The number of nitrogens with zero attached hydrogens (tertiary/aromatic N) is 6. The summed E-state index contributed by atoms with van der Waals surface area (Å²) in [4.78, 5) is 49.5. The number of anilines is 4. The van der Waals surface area contributed by atoms with Crippen LogP contribution in [0, 0.1) is 0 Å². The molecule has 18 heteroatoms. The van der Waals surface area contributed by atoms with Gasteiger partial charge in [0.05, 0.1) is 18.0 Å². The van der Waals surface area contributed by atoms with Gasteiger partial charge in [-0.1, -0.05) is 24.3 Å². The van der Waals surface area contributed by atoms with Crippen molar-refractivity contribution in [3.63, 3.8) is 0 Å². The first kappa shape index (κ1) is 36.6. The molecule has 54 heavy (non-hydrogen) atoms. The molecule has 3 N–H and O–H groups in total. The zero-order valence-corrected chi connectivity index (χ0v) is 29.9. The highest BCUT2D eigenvalue weighted by atomic mass is 32.2. The van der Waals surface area contributed by atoms with Gasteiger partial charge < -0.3 is 15.5 Å². The van der Waals surface area contributed by atoms with E-state index >= 15 is 0 Å². The van der Waals surface area contributed by atoms with Crippen LogP contribution >= 0.6 is 0 Å². The molecule has 0 radical (unpaired) electrons. The predicted molar refractivity (Wildman–Crippen MR) is 192 cm³/mol. The van der Waals surface area contributed by atoms with Crippen molar-refractivity contribution < 1.29 is 36.0 Å². The molecule has 0 bridgehead atoms. The maximum Gasteiger partial charge on any atom is 0.421 e. The van der Waals surface area contributed by atoms with Gasteiger partial charge in [-0.2, -0.15) is 18.2 Å². The number of imide groups is 1. The molecule has 4 aromatic rings. The van der Waals surface area contributed by atoms with Crippen LogP contribution in [0.3, 0.4) is 0 Å². The highest BCUT2D eigenvalue weighted by Gasteiger charge is 2.37. The van der Waals surface area contributed by atoms with Crippen LogP contribution in [-0.4, -0.2) is 90.1 Å². The molecule has 3 aromatic carbocycles. The summed E-state index contributed by atoms with van der Waals surface area (Å²) in [6.45, 7) is 4.11. The van der Waals surface area contributed by atoms with Crippen LogP contribution in [0.2, 0.25) is 0 Å². The zero-order valence-electron chi connectivity index (χ0n) is 29.1. The standard InChI is InChI=1S/C36H36F3N9O5S/c1-54(52,53)28-4-2-3-23(18-28)19-40-32-30(36(37,38)39)20-41-34(44-32)42-26-6-8-27(9-7-26)46-15-13-45(14-16-46)21-24-5-10-29-25(17-24)22-48(33(29)50)47-12-11-31(49)43-35(47)51/h2-10,17-18,20H,11-16,19,21-22H2,1H3,(H,43,49,51)(H2,40,41,42,44). The van der Waals surface area contributed by atoms with Crippen molar-refractivity contribution in [3.8, 4) is 0 Å². The number of fused-ring (bicyclic) bond motifs is 1. The summed E-state index contributed by atoms with van der Waals surface area (Å²) in [6.07, 6.45) is -2.82. The fourth-order valence-corrected chi connectivity index (χ4v) is 7.29. The van der Waals surface area contributed by atoms with Crippen LogP contribution in [0.4, 0.5) is 41.1 Å². The number of hydrogen-bond acceptors (Lipinski definition) is 11. The van der Waals surface area contributed by atoms with E-state index in [9.17, 15) is 36.0 Å². The highest BCUT2D eigenvalue weighted by Crippen LogP contribution is 2.35. The number of carbonyl (C=O) groups is 3. The smallest absolute Gasteiger partial charge is 0.369 e. The molecular formula is C36H36F3N9O5S. The molecule has 0 spiro atoms. The lowest BCUT2D eigenvalue weighted by Gasteiger charge is -2.36. The third-order valence-electron chi connectivity index (χ3n) is 9.43. The summed E-state index contributed by atoms with van der Waals surface area (Å²) in [5.74, 6) is -1.12. The number of rotatable bonds is 10. The van der Waals surface area contributed by atoms with E-state index in [0.29, 0.717) is 29.6 Å². The van der Waals surface area contributed by atoms with E-state index in [1.165, 1.54) is 28.2 Å². The minimum absolute atomic E-state index is 0.0474. The molecule has 4 amide bonds. The normalized spacial score (nSPS) is 16.7. The largest absolute Gasteiger partial charge is 0.421 e. The fraction of sp³-hybridized carbons (Fsp3) is 0.306. The van der Waals surface area contributed by atoms with E-state index in [-0.39, 0.29) is 48.7 Å². The van der Waals surface area contributed by atoms with Crippen molar-refractivity contribution >= 4 is 50.8 Å². The number of alkyl halides is 3. The number of aromatic nitrogens is 2. The number of amides is 4. The summed E-state index contributed by atoms with van der Waals surface area (Å²) in [6, 6.07) is 18.5. The van der Waals surface area contributed by atoms with Gasteiger partial charge >= 0.3 is 12.2 Å². The lowest BCUT2D eigenvalue weighted by molar-refractivity contribution is -0.137. The van der Waals surface area contributed by atoms with Gasteiger partial charge in [0.2, 0.25) is 11.9 Å². The molecule has 0 atom stereocenters. The van der Waals surface area contributed by atoms with Crippen LogP contribution in [0.5, 0.6) is 0 Å². The van der Waals surface area contributed by atoms with E-state index in [1.54, 1.807) is 24.3 Å². The summed E-state index contributed by atoms with van der Waals surface area (Å²) >= 11 is 0. The number of piperazine rings is 1. The second-order valence-corrected chi connectivity index (χ2v) is 15.3. The van der Waals surface area contributed by atoms with Gasteiger partial charge in [-0.05, 0) is 59.2 Å². The van der Waals surface area contributed by atoms with Crippen LogP contribution < -0.4 is 20.9 Å². The molecule has 2 fully saturated rings. The number of nitrogens with one attached hydrogen (secondary N) is 3. The second kappa shape index (κ2) is 14.6.